The molecule has 118 valence electrons. The van der Waals surface area contributed by atoms with Crippen molar-refractivity contribution in [3.8, 4) is 0 Å². The zero-order valence-corrected chi connectivity index (χ0v) is 12.5. The van der Waals surface area contributed by atoms with Crippen molar-refractivity contribution < 1.29 is 19.4 Å². The van der Waals surface area contributed by atoms with E-state index in [0.717, 1.165) is 30.4 Å². The van der Waals surface area contributed by atoms with E-state index in [9.17, 15) is 14.7 Å². The van der Waals surface area contributed by atoms with Gasteiger partial charge in [0, 0.05) is 19.6 Å². The number of ether oxygens (including phenoxy) is 1. The molecule has 3 rings (SSSR count). The van der Waals surface area contributed by atoms with E-state index in [-0.39, 0.29) is 18.4 Å². The highest BCUT2D eigenvalue weighted by Crippen LogP contribution is 2.25. The molecule has 0 unspecified atom stereocenters. The molecule has 1 fully saturated rings. The summed E-state index contributed by atoms with van der Waals surface area (Å²) < 4.78 is 5.61. The third kappa shape index (κ3) is 3.14. The Morgan fingerprint density at radius 1 is 1.23 bits per heavy atom. The number of benzene rings is 1. The van der Waals surface area contributed by atoms with Crippen LogP contribution >= 0.6 is 0 Å². The molecular formula is C17H21NO4. The van der Waals surface area contributed by atoms with Gasteiger partial charge in [-0.05, 0) is 30.4 Å². The molecule has 1 aromatic carbocycles. The SMILES string of the molecule is O=C(O)[C@H]1Cc2ccccc2CN1C(=O)C[C@@H]1CCCCO1. The van der Waals surface area contributed by atoms with Crippen LogP contribution in [-0.2, 0) is 27.3 Å². The summed E-state index contributed by atoms with van der Waals surface area (Å²) >= 11 is 0. The number of amides is 1. The molecule has 2 aliphatic rings. The molecule has 1 amide bonds. The fraction of sp³-hybridized carbons (Fsp3) is 0.529. The predicted octanol–water partition coefficient (Wildman–Crippen LogP) is 1.98. The van der Waals surface area contributed by atoms with Gasteiger partial charge in [0.2, 0.25) is 5.91 Å². The Balaban J connectivity index is 1.75. The van der Waals surface area contributed by atoms with Crippen LogP contribution in [-0.4, -0.2) is 40.6 Å². The highest BCUT2D eigenvalue weighted by atomic mass is 16.5. The monoisotopic (exact) mass is 303 g/mol. The van der Waals surface area contributed by atoms with E-state index < -0.39 is 12.0 Å². The summed E-state index contributed by atoms with van der Waals surface area (Å²) in [7, 11) is 0. The first kappa shape index (κ1) is 15.0. The van der Waals surface area contributed by atoms with Gasteiger partial charge in [-0.15, -0.1) is 0 Å². The largest absolute Gasteiger partial charge is 0.480 e. The van der Waals surface area contributed by atoms with Crippen molar-refractivity contribution in [1.82, 2.24) is 4.90 Å². The maximum atomic E-state index is 12.6. The Kier molecular flexibility index (Phi) is 4.43. The average Bonchev–Trinajstić information content (AvgIpc) is 2.54. The van der Waals surface area contributed by atoms with Crippen LogP contribution in [0.5, 0.6) is 0 Å². The number of hydrogen-bond acceptors (Lipinski definition) is 3. The standard InChI is InChI=1S/C17H21NO4/c19-16(10-14-7-3-4-8-22-14)18-11-13-6-2-1-5-12(13)9-15(18)17(20)21/h1-2,5-6,14-15H,3-4,7-11H2,(H,20,21)/t14-,15+/m0/s1. The van der Waals surface area contributed by atoms with Gasteiger partial charge in [0.05, 0.1) is 12.5 Å². The molecule has 5 nitrogen and oxygen atoms in total. The highest BCUT2D eigenvalue weighted by molar-refractivity contribution is 5.84. The lowest BCUT2D eigenvalue weighted by Gasteiger charge is -2.35. The number of carbonyl (C=O) groups is 2. The van der Waals surface area contributed by atoms with Crippen molar-refractivity contribution in [3.05, 3.63) is 35.4 Å². The number of hydrogen-bond donors (Lipinski definition) is 1. The van der Waals surface area contributed by atoms with Crippen molar-refractivity contribution in [2.75, 3.05) is 6.61 Å². The van der Waals surface area contributed by atoms with E-state index in [1.807, 2.05) is 24.3 Å². The second kappa shape index (κ2) is 6.48. The molecule has 0 saturated carbocycles. The van der Waals surface area contributed by atoms with Crippen LogP contribution in [0.1, 0.15) is 36.8 Å². The van der Waals surface area contributed by atoms with Gasteiger partial charge in [0.25, 0.3) is 0 Å². The highest BCUT2D eigenvalue weighted by Gasteiger charge is 2.35. The molecule has 2 atom stereocenters. The molecule has 2 aliphatic heterocycles. The molecule has 1 aromatic rings. The van der Waals surface area contributed by atoms with Crippen molar-refractivity contribution in [3.63, 3.8) is 0 Å². The summed E-state index contributed by atoms with van der Waals surface area (Å²) in [4.78, 5) is 25.6. The zero-order chi connectivity index (χ0) is 15.5. The number of carboxylic acids is 1. The first-order chi connectivity index (χ1) is 10.6. The Morgan fingerprint density at radius 3 is 2.68 bits per heavy atom. The smallest absolute Gasteiger partial charge is 0.326 e. The molecule has 0 radical (unpaired) electrons. The third-order valence-corrected chi connectivity index (χ3v) is 4.53. The average molecular weight is 303 g/mol. The Morgan fingerprint density at radius 2 is 2.00 bits per heavy atom. The first-order valence-corrected chi connectivity index (χ1v) is 7.86. The lowest BCUT2D eigenvalue weighted by atomic mass is 9.93. The Hall–Kier alpha value is -1.88. The maximum Gasteiger partial charge on any atom is 0.326 e. The topological polar surface area (TPSA) is 66.8 Å². The third-order valence-electron chi connectivity index (χ3n) is 4.53. The van der Waals surface area contributed by atoms with Gasteiger partial charge in [-0.3, -0.25) is 4.79 Å². The fourth-order valence-electron chi connectivity index (χ4n) is 3.29. The number of aliphatic carboxylic acids is 1. The summed E-state index contributed by atoms with van der Waals surface area (Å²) in [5.41, 5.74) is 2.06. The lowest BCUT2D eigenvalue weighted by Crippen LogP contribution is -2.49. The summed E-state index contributed by atoms with van der Waals surface area (Å²) in [6, 6.07) is 6.96. The molecule has 0 aromatic heterocycles. The van der Waals surface area contributed by atoms with Gasteiger partial charge in [0.15, 0.2) is 0 Å². The molecule has 1 saturated heterocycles. The second-order valence-electron chi connectivity index (χ2n) is 6.04. The van der Waals surface area contributed by atoms with Crippen LogP contribution in [0.3, 0.4) is 0 Å². The number of fused-ring (bicyclic) bond motifs is 1. The summed E-state index contributed by atoms with van der Waals surface area (Å²) in [6.45, 7) is 1.07. The fourth-order valence-corrected chi connectivity index (χ4v) is 3.29. The van der Waals surface area contributed by atoms with Gasteiger partial charge >= 0.3 is 5.97 Å². The van der Waals surface area contributed by atoms with Crippen LogP contribution in [0, 0.1) is 0 Å². The van der Waals surface area contributed by atoms with E-state index in [0.29, 0.717) is 19.6 Å². The second-order valence-corrected chi connectivity index (χ2v) is 6.04. The molecule has 1 N–H and O–H groups in total. The van der Waals surface area contributed by atoms with E-state index >= 15 is 0 Å². The molecule has 0 aliphatic carbocycles. The molecule has 22 heavy (non-hydrogen) atoms. The maximum absolute atomic E-state index is 12.6. The van der Waals surface area contributed by atoms with Crippen LogP contribution in [0.25, 0.3) is 0 Å². The zero-order valence-electron chi connectivity index (χ0n) is 12.5. The Labute approximate surface area is 129 Å². The summed E-state index contributed by atoms with van der Waals surface area (Å²) in [5, 5.41) is 9.46. The minimum atomic E-state index is -0.938. The van der Waals surface area contributed by atoms with Gasteiger partial charge in [0.1, 0.15) is 6.04 Å². The number of carbonyl (C=O) groups excluding carboxylic acids is 1. The molecule has 0 bridgehead atoms. The summed E-state index contributed by atoms with van der Waals surface area (Å²) in [5.74, 6) is -1.05. The van der Waals surface area contributed by atoms with Gasteiger partial charge in [-0.2, -0.15) is 0 Å². The van der Waals surface area contributed by atoms with E-state index in [1.165, 1.54) is 4.90 Å². The van der Waals surface area contributed by atoms with Crippen LogP contribution in [0.15, 0.2) is 24.3 Å². The Bertz CT molecular complexity index is 566. The van der Waals surface area contributed by atoms with Crippen molar-refractivity contribution in [2.24, 2.45) is 0 Å². The van der Waals surface area contributed by atoms with E-state index in [4.69, 9.17) is 4.74 Å². The molecule has 2 heterocycles. The number of carboxylic acid groups (broad SMARTS) is 1. The van der Waals surface area contributed by atoms with E-state index in [1.54, 1.807) is 0 Å². The quantitative estimate of drug-likeness (QED) is 0.927. The van der Waals surface area contributed by atoms with Crippen molar-refractivity contribution in [2.45, 2.75) is 50.8 Å². The first-order valence-electron chi connectivity index (χ1n) is 7.86. The van der Waals surface area contributed by atoms with Gasteiger partial charge in [-0.1, -0.05) is 24.3 Å². The predicted molar refractivity (Wildman–Crippen MR) is 80.3 cm³/mol. The lowest BCUT2D eigenvalue weighted by molar-refractivity contribution is -0.153. The normalized spacial score (nSPS) is 24.6. The van der Waals surface area contributed by atoms with Crippen LogP contribution in [0.4, 0.5) is 0 Å². The molecule has 0 spiro atoms. The van der Waals surface area contributed by atoms with Gasteiger partial charge in [-0.25, -0.2) is 4.79 Å². The molecule has 5 heteroatoms. The number of rotatable bonds is 3. The number of nitrogens with zero attached hydrogens (tertiary/aromatic N) is 1. The van der Waals surface area contributed by atoms with Crippen molar-refractivity contribution >= 4 is 11.9 Å². The van der Waals surface area contributed by atoms with Crippen molar-refractivity contribution in [1.29, 1.82) is 0 Å². The molecular weight excluding hydrogens is 282 g/mol. The minimum absolute atomic E-state index is 0.0622. The summed E-state index contributed by atoms with van der Waals surface area (Å²) in [6.07, 6.45) is 3.60. The van der Waals surface area contributed by atoms with Gasteiger partial charge < -0.3 is 14.7 Å². The van der Waals surface area contributed by atoms with E-state index in [2.05, 4.69) is 0 Å². The van der Waals surface area contributed by atoms with Crippen LogP contribution in [0.2, 0.25) is 0 Å². The minimum Gasteiger partial charge on any atom is -0.480 e. The van der Waals surface area contributed by atoms with Crippen LogP contribution < -0.4 is 0 Å².